The Kier molecular flexibility index (Phi) is 7.23. The lowest BCUT2D eigenvalue weighted by molar-refractivity contribution is 1.01. The van der Waals surface area contributed by atoms with Crippen molar-refractivity contribution in [3.63, 3.8) is 0 Å². The molecule has 1 heterocycles. The van der Waals surface area contributed by atoms with Gasteiger partial charge in [0, 0.05) is 6.54 Å². The maximum absolute atomic E-state index is 4.22. The zero-order chi connectivity index (χ0) is 13.1. The van der Waals surface area contributed by atoms with Crippen LogP contribution in [0, 0.1) is 0 Å². The van der Waals surface area contributed by atoms with E-state index in [9.17, 15) is 0 Å². The largest absolute Gasteiger partial charge is 0.330 e. The van der Waals surface area contributed by atoms with E-state index in [1.807, 2.05) is 24.3 Å². The average Bonchev–Trinajstić information content (AvgIpc) is 2.40. The second-order valence-corrected chi connectivity index (χ2v) is 3.58. The van der Waals surface area contributed by atoms with Crippen LogP contribution in [0.4, 0.5) is 5.82 Å². The van der Waals surface area contributed by atoms with Crippen molar-refractivity contribution in [1.82, 2.24) is 9.97 Å². The maximum Gasteiger partial charge on any atom is 0.149 e. The van der Waals surface area contributed by atoms with Gasteiger partial charge in [-0.15, -0.1) is 6.58 Å². The molecule has 18 heavy (non-hydrogen) atoms. The summed E-state index contributed by atoms with van der Waals surface area (Å²) in [6, 6.07) is 0. The van der Waals surface area contributed by atoms with Gasteiger partial charge in [-0.25, -0.2) is 4.98 Å². The lowest BCUT2D eigenvalue weighted by Crippen LogP contribution is -1.99. The Morgan fingerprint density at radius 2 is 2.22 bits per heavy atom. The molecule has 94 valence electrons. The highest BCUT2D eigenvalue weighted by Gasteiger charge is 1.91. The van der Waals surface area contributed by atoms with Crippen molar-refractivity contribution in [2.45, 2.75) is 6.42 Å². The van der Waals surface area contributed by atoms with E-state index in [2.05, 4.69) is 39.5 Å². The second-order valence-electron chi connectivity index (χ2n) is 3.28. The van der Waals surface area contributed by atoms with Crippen LogP contribution < -0.4 is 5.32 Å². The van der Waals surface area contributed by atoms with E-state index in [4.69, 9.17) is 0 Å². The predicted molar refractivity (Wildman–Crippen MR) is 81.0 cm³/mol. The highest BCUT2D eigenvalue weighted by atomic mass is 32.1. The highest BCUT2D eigenvalue weighted by molar-refractivity contribution is 7.83. The minimum Gasteiger partial charge on any atom is -0.330 e. The van der Waals surface area contributed by atoms with E-state index in [1.54, 1.807) is 24.1 Å². The van der Waals surface area contributed by atoms with Gasteiger partial charge in [0.05, 0.1) is 24.4 Å². The van der Waals surface area contributed by atoms with Crippen molar-refractivity contribution in [2.24, 2.45) is 4.99 Å². The predicted octanol–water partition coefficient (Wildman–Crippen LogP) is 2.95. The van der Waals surface area contributed by atoms with E-state index in [0.717, 1.165) is 18.7 Å². The number of rotatable bonds is 7. The number of anilines is 1. The molecule has 0 bridgehead atoms. The lowest BCUT2D eigenvalue weighted by Gasteiger charge is -1.98. The fraction of sp³-hybridized carbons (Fsp3) is 0.154. The summed E-state index contributed by atoms with van der Waals surface area (Å²) < 4.78 is 0. The van der Waals surface area contributed by atoms with Gasteiger partial charge in [-0.2, -0.15) is 12.6 Å². The van der Waals surface area contributed by atoms with Crippen LogP contribution in [-0.2, 0) is 0 Å². The van der Waals surface area contributed by atoms with Crippen molar-refractivity contribution in [1.29, 1.82) is 0 Å². The molecule has 1 aromatic rings. The zero-order valence-electron chi connectivity index (χ0n) is 10.0. The summed E-state index contributed by atoms with van der Waals surface area (Å²) in [5.41, 5.74) is 0.788. The Morgan fingerprint density at radius 3 is 2.89 bits per heavy atom. The minimum absolute atomic E-state index is 0.666. The van der Waals surface area contributed by atoms with Gasteiger partial charge in [-0.1, -0.05) is 18.2 Å². The number of allylic oxidation sites excluding steroid dienone is 2. The van der Waals surface area contributed by atoms with E-state index < -0.39 is 0 Å². The maximum atomic E-state index is 4.22. The number of nitrogens with one attached hydrogen (secondary N) is 1. The number of nitrogens with zero attached hydrogens (tertiary/aromatic N) is 3. The van der Waals surface area contributed by atoms with E-state index in [-0.39, 0.29) is 0 Å². The molecule has 1 rings (SSSR count). The number of aromatic nitrogens is 2. The Bertz CT molecular complexity index is 435. The Hall–Kier alpha value is -1.88. The van der Waals surface area contributed by atoms with Crippen molar-refractivity contribution < 1.29 is 0 Å². The second kappa shape index (κ2) is 9.18. The van der Waals surface area contributed by atoms with Gasteiger partial charge in [-0.3, -0.25) is 9.98 Å². The van der Waals surface area contributed by atoms with Crippen LogP contribution in [0.15, 0.2) is 47.6 Å². The van der Waals surface area contributed by atoms with Gasteiger partial charge in [0.15, 0.2) is 0 Å². The van der Waals surface area contributed by atoms with E-state index in [1.165, 1.54) is 0 Å². The summed E-state index contributed by atoms with van der Waals surface area (Å²) in [6.45, 7) is 4.35. The third-order valence-electron chi connectivity index (χ3n) is 1.90. The van der Waals surface area contributed by atoms with Gasteiger partial charge in [-0.05, 0) is 17.9 Å². The fourth-order valence-electron chi connectivity index (χ4n) is 1.04. The molecule has 5 heteroatoms. The number of hydrogen-bond acceptors (Lipinski definition) is 4. The molecule has 1 aromatic heterocycles. The molecule has 1 N–H and O–H groups in total. The molecule has 0 unspecified atom stereocenters. The fourth-order valence-corrected chi connectivity index (χ4v) is 1.14. The van der Waals surface area contributed by atoms with Crippen molar-refractivity contribution in [3.8, 4) is 0 Å². The summed E-state index contributed by atoms with van der Waals surface area (Å²) >= 11 is 3.95. The minimum atomic E-state index is 0.666. The van der Waals surface area contributed by atoms with Gasteiger partial charge < -0.3 is 5.32 Å². The first-order valence-electron chi connectivity index (χ1n) is 5.52. The Balaban J connectivity index is 2.45. The number of thiol groups is 1. The molecule has 0 saturated carbocycles. The third-order valence-corrected chi connectivity index (χ3v) is 2.07. The van der Waals surface area contributed by atoms with Crippen LogP contribution >= 0.6 is 12.6 Å². The van der Waals surface area contributed by atoms with Crippen LogP contribution in [0.3, 0.4) is 0 Å². The van der Waals surface area contributed by atoms with Crippen LogP contribution in [0.1, 0.15) is 12.1 Å². The smallest absolute Gasteiger partial charge is 0.149 e. The SMILES string of the molecule is C=CCCN=CNc1cnc(/C=C/C=C\S)cn1. The third kappa shape index (κ3) is 6.00. The molecule has 0 fully saturated rings. The molecular weight excluding hydrogens is 244 g/mol. The van der Waals surface area contributed by atoms with Crippen LogP contribution in [0.5, 0.6) is 0 Å². The van der Waals surface area contributed by atoms with Crippen LogP contribution in [0.2, 0.25) is 0 Å². The molecule has 0 amide bonds. The van der Waals surface area contributed by atoms with Gasteiger partial charge in [0.25, 0.3) is 0 Å². The molecule has 4 nitrogen and oxygen atoms in total. The van der Waals surface area contributed by atoms with Gasteiger partial charge in [0.2, 0.25) is 0 Å². The van der Waals surface area contributed by atoms with Crippen LogP contribution in [0.25, 0.3) is 6.08 Å². The van der Waals surface area contributed by atoms with Crippen molar-refractivity contribution in [3.05, 3.63) is 48.3 Å². The van der Waals surface area contributed by atoms with E-state index >= 15 is 0 Å². The normalized spacial score (nSPS) is 11.6. The van der Waals surface area contributed by atoms with Crippen molar-refractivity contribution in [2.75, 3.05) is 11.9 Å². The summed E-state index contributed by atoms with van der Waals surface area (Å²) in [4.78, 5) is 12.5. The molecule has 0 aliphatic carbocycles. The molecule has 0 aromatic carbocycles. The molecule has 0 spiro atoms. The van der Waals surface area contributed by atoms with E-state index in [0.29, 0.717) is 5.82 Å². The number of aliphatic imine (C=N–C) groups is 1. The first kappa shape index (κ1) is 14.2. The van der Waals surface area contributed by atoms with Gasteiger partial charge in [0.1, 0.15) is 5.82 Å². The summed E-state index contributed by atoms with van der Waals surface area (Å²) in [5.74, 6) is 0.666. The topological polar surface area (TPSA) is 50.2 Å². The van der Waals surface area contributed by atoms with Gasteiger partial charge >= 0.3 is 0 Å². The van der Waals surface area contributed by atoms with Crippen LogP contribution in [-0.4, -0.2) is 22.9 Å². The molecule has 0 aliphatic heterocycles. The average molecular weight is 260 g/mol. The first-order chi connectivity index (χ1) is 8.86. The monoisotopic (exact) mass is 260 g/mol. The molecule has 0 radical (unpaired) electrons. The molecule has 0 atom stereocenters. The molecule has 0 aliphatic rings. The zero-order valence-corrected chi connectivity index (χ0v) is 10.9. The standard InChI is InChI=1S/C13H16N4S/c1-2-3-7-14-11-17-13-10-15-12(9-16-13)6-4-5-8-18/h2,4-6,8-11,18H,1,3,7H2,(H,14,16,17)/b6-4+,8-5-. The summed E-state index contributed by atoms with van der Waals surface area (Å²) in [5, 5.41) is 4.60. The van der Waals surface area contributed by atoms with Crippen molar-refractivity contribution >= 4 is 30.9 Å². The number of hydrogen-bond donors (Lipinski definition) is 2. The quantitative estimate of drug-likeness (QED) is 0.198. The molecule has 0 saturated heterocycles. The molecular formula is C13H16N4S. The highest BCUT2D eigenvalue weighted by Crippen LogP contribution is 2.01. The Morgan fingerprint density at radius 1 is 1.33 bits per heavy atom. The summed E-state index contributed by atoms with van der Waals surface area (Å²) in [7, 11) is 0. The Labute approximate surface area is 113 Å². The summed E-state index contributed by atoms with van der Waals surface area (Å²) in [6.07, 6.45) is 13.2. The first-order valence-corrected chi connectivity index (χ1v) is 6.03. The lowest BCUT2D eigenvalue weighted by atomic mass is 10.4.